The van der Waals surface area contributed by atoms with Crippen LogP contribution in [-0.2, 0) is 5.88 Å². The molecule has 94 valence electrons. The molecule has 2 atom stereocenters. The summed E-state index contributed by atoms with van der Waals surface area (Å²) < 4.78 is 13.5. The number of halogens is 2. The third-order valence-corrected chi connectivity index (χ3v) is 3.64. The van der Waals surface area contributed by atoms with Crippen molar-refractivity contribution in [2.24, 2.45) is 11.8 Å². The van der Waals surface area contributed by atoms with Crippen LogP contribution in [0.5, 0.6) is 0 Å². The zero-order valence-electron chi connectivity index (χ0n) is 10.4. The van der Waals surface area contributed by atoms with Crippen molar-refractivity contribution in [1.82, 2.24) is 0 Å². The Kier molecular flexibility index (Phi) is 3.93. The average Bonchev–Trinajstić information content (AvgIpc) is 2.26. The number of piperidine rings is 1. The molecule has 0 saturated carbocycles. The summed E-state index contributed by atoms with van der Waals surface area (Å²) in [6.07, 6.45) is 1.26. The Morgan fingerprint density at radius 2 is 1.88 bits per heavy atom. The molecule has 0 aromatic heterocycles. The highest BCUT2D eigenvalue weighted by Crippen LogP contribution is 2.27. The van der Waals surface area contributed by atoms with Gasteiger partial charge in [0.05, 0.1) is 0 Å². The summed E-state index contributed by atoms with van der Waals surface area (Å²) >= 11 is 5.78. The zero-order chi connectivity index (χ0) is 12.4. The first-order valence-electron chi connectivity index (χ1n) is 6.19. The van der Waals surface area contributed by atoms with Gasteiger partial charge in [-0.15, -0.1) is 11.6 Å². The van der Waals surface area contributed by atoms with Gasteiger partial charge in [0.1, 0.15) is 5.82 Å². The predicted octanol–water partition coefficient (Wildman–Crippen LogP) is 4.05. The Morgan fingerprint density at radius 1 is 1.24 bits per heavy atom. The van der Waals surface area contributed by atoms with Crippen molar-refractivity contribution >= 4 is 17.3 Å². The van der Waals surface area contributed by atoms with Crippen LogP contribution in [0.4, 0.5) is 10.1 Å². The van der Waals surface area contributed by atoms with Crippen LogP contribution >= 0.6 is 11.6 Å². The van der Waals surface area contributed by atoms with Gasteiger partial charge in [0.2, 0.25) is 0 Å². The van der Waals surface area contributed by atoms with Crippen molar-refractivity contribution in [3.8, 4) is 0 Å². The van der Waals surface area contributed by atoms with Crippen molar-refractivity contribution in [3.63, 3.8) is 0 Å². The maximum atomic E-state index is 13.5. The Labute approximate surface area is 108 Å². The second-order valence-electron chi connectivity index (χ2n) is 5.30. The first kappa shape index (κ1) is 12.7. The molecule has 1 aromatic rings. The minimum absolute atomic E-state index is 0.191. The topological polar surface area (TPSA) is 3.24 Å². The molecule has 0 N–H and O–H groups in total. The van der Waals surface area contributed by atoms with Gasteiger partial charge in [-0.05, 0) is 42.0 Å². The Balaban J connectivity index is 2.23. The van der Waals surface area contributed by atoms with Crippen molar-refractivity contribution in [2.75, 3.05) is 18.0 Å². The molecule has 1 aliphatic rings. The van der Waals surface area contributed by atoms with Crippen LogP contribution in [0.1, 0.15) is 25.8 Å². The maximum absolute atomic E-state index is 13.5. The lowest BCUT2D eigenvalue weighted by molar-refractivity contribution is 0.356. The van der Waals surface area contributed by atoms with Crippen LogP contribution < -0.4 is 4.90 Å². The number of hydrogen-bond acceptors (Lipinski definition) is 1. The molecule has 0 aliphatic carbocycles. The first-order valence-corrected chi connectivity index (χ1v) is 6.72. The van der Waals surface area contributed by atoms with Crippen LogP contribution in [-0.4, -0.2) is 13.1 Å². The highest BCUT2D eigenvalue weighted by molar-refractivity contribution is 6.17. The van der Waals surface area contributed by atoms with E-state index >= 15 is 0 Å². The Bertz CT molecular complexity index is 384. The summed E-state index contributed by atoms with van der Waals surface area (Å²) in [7, 11) is 0. The summed E-state index contributed by atoms with van der Waals surface area (Å²) in [5, 5.41) is 0. The Morgan fingerprint density at radius 3 is 2.47 bits per heavy atom. The van der Waals surface area contributed by atoms with Gasteiger partial charge in [0, 0.05) is 24.7 Å². The third-order valence-electron chi connectivity index (χ3n) is 3.33. The normalized spacial score (nSPS) is 25.1. The average molecular weight is 256 g/mol. The SMILES string of the molecule is CC1CC(C)CN(c2cc(F)cc(CCl)c2)C1. The summed E-state index contributed by atoms with van der Waals surface area (Å²) in [6.45, 7) is 6.53. The molecule has 1 heterocycles. The molecule has 3 heteroatoms. The van der Waals surface area contributed by atoms with E-state index in [9.17, 15) is 4.39 Å². The summed E-state index contributed by atoms with van der Waals surface area (Å²) in [4.78, 5) is 2.28. The largest absolute Gasteiger partial charge is 0.371 e. The molecule has 0 spiro atoms. The van der Waals surface area contributed by atoms with Crippen LogP contribution in [0.2, 0.25) is 0 Å². The van der Waals surface area contributed by atoms with E-state index in [0.717, 1.165) is 24.3 Å². The van der Waals surface area contributed by atoms with Crippen molar-refractivity contribution in [2.45, 2.75) is 26.1 Å². The smallest absolute Gasteiger partial charge is 0.125 e. The molecule has 1 fully saturated rings. The molecule has 2 unspecified atom stereocenters. The fourth-order valence-corrected chi connectivity index (χ4v) is 2.92. The number of anilines is 1. The molecule has 0 radical (unpaired) electrons. The van der Waals surface area contributed by atoms with Gasteiger partial charge in [-0.3, -0.25) is 0 Å². The van der Waals surface area contributed by atoms with E-state index in [0.29, 0.717) is 17.7 Å². The fraction of sp³-hybridized carbons (Fsp3) is 0.571. The van der Waals surface area contributed by atoms with Crippen LogP contribution in [0.3, 0.4) is 0 Å². The van der Waals surface area contributed by atoms with E-state index in [2.05, 4.69) is 18.7 Å². The van der Waals surface area contributed by atoms with Crippen LogP contribution in [0, 0.1) is 17.7 Å². The molecule has 17 heavy (non-hydrogen) atoms. The minimum atomic E-state index is -0.191. The number of rotatable bonds is 2. The minimum Gasteiger partial charge on any atom is -0.371 e. The summed E-state index contributed by atoms with van der Waals surface area (Å²) in [6, 6.07) is 5.12. The monoisotopic (exact) mass is 255 g/mol. The number of alkyl halides is 1. The summed E-state index contributed by atoms with van der Waals surface area (Å²) in [5.41, 5.74) is 1.83. The zero-order valence-corrected chi connectivity index (χ0v) is 11.2. The van der Waals surface area contributed by atoms with E-state index in [1.807, 2.05) is 6.07 Å². The number of benzene rings is 1. The van der Waals surface area contributed by atoms with Gasteiger partial charge in [-0.2, -0.15) is 0 Å². The van der Waals surface area contributed by atoms with E-state index in [1.54, 1.807) is 6.07 Å². The standard InChI is InChI=1S/C14H19ClFN/c1-10-3-11(2)9-17(8-10)14-5-12(7-15)4-13(16)6-14/h4-6,10-11H,3,7-9H2,1-2H3. The Hall–Kier alpha value is -0.760. The fourth-order valence-electron chi connectivity index (χ4n) is 2.77. The lowest BCUT2D eigenvalue weighted by Crippen LogP contribution is -2.38. The molecule has 0 amide bonds. The van der Waals surface area contributed by atoms with E-state index < -0.39 is 0 Å². The highest BCUT2D eigenvalue weighted by atomic mass is 35.5. The number of nitrogens with zero attached hydrogens (tertiary/aromatic N) is 1. The van der Waals surface area contributed by atoms with Gasteiger partial charge in [-0.25, -0.2) is 4.39 Å². The first-order chi connectivity index (χ1) is 8.08. The van der Waals surface area contributed by atoms with Crippen LogP contribution in [0.25, 0.3) is 0 Å². The lowest BCUT2D eigenvalue weighted by atomic mass is 9.91. The highest BCUT2D eigenvalue weighted by Gasteiger charge is 2.22. The van der Waals surface area contributed by atoms with Gasteiger partial charge < -0.3 is 4.90 Å². The molecule has 2 rings (SSSR count). The quantitative estimate of drug-likeness (QED) is 0.721. The van der Waals surface area contributed by atoms with E-state index in [-0.39, 0.29) is 5.82 Å². The third kappa shape index (κ3) is 3.12. The molecule has 1 aliphatic heterocycles. The molecule has 1 nitrogen and oxygen atoms in total. The second kappa shape index (κ2) is 5.26. The number of hydrogen-bond donors (Lipinski definition) is 0. The molecule has 1 saturated heterocycles. The van der Waals surface area contributed by atoms with Crippen molar-refractivity contribution in [1.29, 1.82) is 0 Å². The molecule has 0 bridgehead atoms. The molecule has 1 aromatic carbocycles. The van der Waals surface area contributed by atoms with Crippen molar-refractivity contribution < 1.29 is 4.39 Å². The molecular weight excluding hydrogens is 237 g/mol. The van der Waals surface area contributed by atoms with Gasteiger partial charge in [0.15, 0.2) is 0 Å². The second-order valence-corrected chi connectivity index (χ2v) is 5.57. The van der Waals surface area contributed by atoms with E-state index in [4.69, 9.17) is 11.6 Å². The predicted molar refractivity (Wildman–Crippen MR) is 71.1 cm³/mol. The maximum Gasteiger partial charge on any atom is 0.125 e. The summed E-state index contributed by atoms with van der Waals surface area (Å²) in [5.74, 6) is 1.51. The van der Waals surface area contributed by atoms with E-state index in [1.165, 1.54) is 12.5 Å². The van der Waals surface area contributed by atoms with Gasteiger partial charge in [0.25, 0.3) is 0 Å². The lowest BCUT2D eigenvalue weighted by Gasteiger charge is -2.36. The van der Waals surface area contributed by atoms with Gasteiger partial charge >= 0.3 is 0 Å². The molecular formula is C14H19ClFN. The van der Waals surface area contributed by atoms with Gasteiger partial charge in [-0.1, -0.05) is 13.8 Å². The van der Waals surface area contributed by atoms with Crippen LogP contribution in [0.15, 0.2) is 18.2 Å². The van der Waals surface area contributed by atoms with Crippen molar-refractivity contribution in [3.05, 3.63) is 29.6 Å².